The van der Waals surface area contributed by atoms with E-state index in [0.29, 0.717) is 17.4 Å². The molecular formula is C17H19FN4OS. The Morgan fingerprint density at radius 2 is 2.29 bits per heavy atom. The van der Waals surface area contributed by atoms with Crippen molar-refractivity contribution < 1.29 is 9.18 Å². The summed E-state index contributed by atoms with van der Waals surface area (Å²) >= 11 is 1.43. The van der Waals surface area contributed by atoms with E-state index in [1.165, 1.54) is 23.5 Å². The van der Waals surface area contributed by atoms with E-state index < -0.39 is 5.82 Å². The van der Waals surface area contributed by atoms with Crippen molar-refractivity contribution in [1.82, 2.24) is 15.2 Å². The summed E-state index contributed by atoms with van der Waals surface area (Å²) in [5.41, 5.74) is 0.623. The lowest BCUT2D eigenvalue weighted by Gasteiger charge is -2.22. The topological polar surface area (TPSA) is 57.3 Å². The van der Waals surface area contributed by atoms with E-state index in [1.54, 1.807) is 12.3 Å². The summed E-state index contributed by atoms with van der Waals surface area (Å²) in [7, 11) is 0. The Bertz CT molecular complexity index is 717. The minimum atomic E-state index is -0.546. The van der Waals surface area contributed by atoms with Crippen LogP contribution in [0.4, 0.5) is 15.2 Å². The molecule has 2 aromatic rings. The molecule has 3 rings (SSSR count). The van der Waals surface area contributed by atoms with Gasteiger partial charge in [-0.25, -0.2) is 9.37 Å². The molecule has 1 aromatic carbocycles. The molecule has 0 atom stereocenters. The summed E-state index contributed by atoms with van der Waals surface area (Å²) in [5, 5.41) is 8.29. The molecular weight excluding hydrogens is 327 g/mol. The maximum atomic E-state index is 14.2. The SMILES string of the molecule is O=C(NCCN1CC=CCC1)c1ccc(Nc2nccs2)cc1F. The van der Waals surface area contributed by atoms with Crippen molar-refractivity contribution in [1.29, 1.82) is 0 Å². The van der Waals surface area contributed by atoms with Gasteiger partial charge in [0.15, 0.2) is 5.13 Å². The van der Waals surface area contributed by atoms with Crippen molar-refractivity contribution in [3.8, 4) is 0 Å². The molecule has 24 heavy (non-hydrogen) atoms. The van der Waals surface area contributed by atoms with Crippen molar-refractivity contribution in [3.05, 3.63) is 53.3 Å². The molecule has 2 N–H and O–H groups in total. The normalized spacial score (nSPS) is 14.5. The van der Waals surface area contributed by atoms with Crippen LogP contribution in [0.15, 0.2) is 41.9 Å². The number of thiazole rings is 1. The zero-order chi connectivity index (χ0) is 16.8. The average molecular weight is 346 g/mol. The van der Waals surface area contributed by atoms with Crippen LogP contribution in [0.3, 0.4) is 0 Å². The molecule has 1 aromatic heterocycles. The molecule has 1 aliphatic heterocycles. The fraction of sp³-hybridized carbons (Fsp3) is 0.294. The highest BCUT2D eigenvalue weighted by molar-refractivity contribution is 7.13. The number of nitrogens with one attached hydrogen (secondary N) is 2. The number of aromatic nitrogens is 1. The Hall–Kier alpha value is -2.25. The van der Waals surface area contributed by atoms with E-state index in [4.69, 9.17) is 0 Å². The molecule has 1 aliphatic rings. The van der Waals surface area contributed by atoms with Crippen LogP contribution in [-0.2, 0) is 0 Å². The van der Waals surface area contributed by atoms with Crippen molar-refractivity contribution in [2.75, 3.05) is 31.5 Å². The molecule has 5 nitrogen and oxygen atoms in total. The molecule has 7 heteroatoms. The van der Waals surface area contributed by atoms with Gasteiger partial charge in [-0.15, -0.1) is 11.3 Å². The van der Waals surface area contributed by atoms with Crippen LogP contribution in [-0.4, -0.2) is 42.0 Å². The minimum Gasteiger partial charge on any atom is -0.351 e. The standard InChI is InChI=1S/C17H19FN4OS/c18-15-12-13(21-17-20-7-11-24-17)4-5-14(15)16(23)19-6-10-22-8-2-1-3-9-22/h1-2,4-5,7,11-12H,3,6,8-10H2,(H,19,23)(H,20,21). The fourth-order valence-electron chi connectivity index (χ4n) is 2.50. The maximum absolute atomic E-state index is 14.2. The van der Waals surface area contributed by atoms with Crippen molar-refractivity contribution in [2.24, 2.45) is 0 Å². The molecule has 126 valence electrons. The van der Waals surface area contributed by atoms with Crippen molar-refractivity contribution >= 4 is 28.1 Å². The Balaban J connectivity index is 1.53. The van der Waals surface area contributed by atoms with Gasteiger partial charge in [0, 0.05) is 43.4 Å². The van der Waals surface area contributed by atoms with Crippen LogP contribution in [0.2, 0.25) is 0 Å². The van der Waals surface area contributed by atoms with Crippen LogP contribution in [0, 0.1) is 5.82 Å². The number of benzene rings is 1. The van der Waals surface area contributed by atoms with Crippen LogP contribution >= 0.6 is 11.3 Å². The summed E-state index contributed by atoms with van der Waals surface area (Å²) in [4.78, 5) is 18.4. The van der Waals surface area contributed by atoms with E-state index in [9.17, 15) is 9.18 Å². The van der Waals surface area contributed by atoms with Gasteiger partial charge in [-0.3, -0.25) is 9.69 Å². The van der Waals surface area contributed by atoms with Gasteiger partial charge in [0.25, 0.3) is 5.91 Å². The predicted octanol–water partition coefficient (Wildman–Crippen LogP) is 3.02. The molecule has 2 heterocycles. The van der Waals surface area contributed by atoms with Gasteiger partial charge >= 0.3 is 0 Å². The van der Waals surface area contributed by atoms with Crippen molar-refractivity contribution in [2.45, 2.75) is 6.42 Å². The Morgan fingerprint density at radius 1 is 1.38 bits per heavy atom. The quantitative estimate of drug-likeness (QED) is 0.790. The highest BCUT2D eigenvalue weighted by atomic mass is 32.1. The molecule has 1 amide bonds. The van der Waals surface area contributed by atoms with Gasteiger partial charge in [0.1, 0.15) is 5.82 Å². The zero-order valence-corrected chi connectivity index (χ0v) is 14.0. The number of hydrogen-bond donors (Lipinski definition) is 2. The number of rotatable bonds is 6. The number of hydrogen-bond acceptors (Lipinski definition) is 5. The largest absolute Gasteiger partial charge is 0.351 e. The van der Waals surface area contributed by atoms with Gasteiger partial charge in [0.2, 0.25) is 0 Å². The first-order valence-corrected chi connectivity index (χ1v) is 8.72. The fourth-order valence-corrected chi connectivity index (χ4v) is 3.05. The van der Waals surface area contributed by atoms with Crippen LogP contribution in [0.1, 0.15) is 16.8 Å². The molecule has 0 saturated heterocycles. The first kappa shape index (κ1) is 16.6. The molecule has 0 spiro atoms. The van der Waals surface area contributed by atoms with E-state index in [0.717, 1.165) is 26.1 Å². The highest BCUT2D eigenvalue weighted by Crippen LogP contribution is 2.21. The van der Waals surface area contributed by atoms with Crippen LogP contribution < -0.4 is 10.6 Å². The predicted molar refractivity (Wildman–Crippen MR) is 94.3 cm³/mol. The Morgan fingerprint density at radius 3 is 3.00 bits per heavy atom. The lowest BCUT2D eigenvalue weighted by atomic mass is 10.1. The summed E-state index contributed by atoms with van der Waals surface area (Å²) in [6.07, 6.45) is 6.99. The van der Waals surface area contributed by atoms with Crippen molar-refractivity contribution in [3.63, 3.8) is 0 Å². The molecule has 0 aliphatic carbocycles. The lowest BCUT2D eigenvalue weighted by molar-refractivity contribution is 0.0945. The molecule has 0 unspecified atom stereocenters. The number of halogens is 1. The smallest absolute Gasteiger partial charge is 0.254 e. The first-order chi connectivity index (χ1) is 11.7. The van der Waals surface area contributed by atoms with E-state index >= 15 is 0 Å². The van der Waals surface area contributed by atoms with E-state index in [2.05, 4.69) is 32.7 Å². The molecule has 0 bridgehead atoms. The molecule has 0 radical (unpaired) electrons. The molecule has 0 fully saturated rings. The number of amides is 1. The van der Waals surface area contributed by atoms with Crippen LogP contribution in [0.25, 0.3) is 0 Å². The van der Waals surface area contributed by atoms with Gasteiger partial charge in [-0.2, -0.15) is 0 Å². The molecule has 0 saturated carbocycles. The lowest BCUT2D eigenvalue weighted by Crippen LogP contribution is -2.36. The summed E-state index contributed by atoms with van der Waals surface area (Å²) in [6, 6.07) is 4.48. The third-order valence-corrected chi connectivity index (χ3v) is 4.44. The van der Waals surface area contributed by atoms with E-state index in [1.807, 2.05) is 5.38 Å². The summed E-state index contributed by atoms with van der Waals surface area (Å²) in [5.74, 6) is -0.934. The van der Waals surface area contributed by atoms with Gasteiger partial charge in [-0.05, 0) is 24.6 Å². The van der Waals surface area contributed by atoms with Gasteiger partial charge < -0.3 is 10.6 Å². The second-order valence-electron chi connectivity index (χ2n) is 5.47. The number of anilines is 2. The highest BCUT2D eigenvalue weighted by Gasteiger charge is 2.13. The zero-order valence-electron chi connectivity index (χ0n) is 13.2. The number of carbonyl (C=O) groups excluding carboxylic acids is 1. The first-order valence-electron chi connectivity index (χ1n) is 7.84. The average Bonchev–Trinajstić information content (AvgIpc) is 3.09. The summed E-state index contributed by atoms with van der Waals surface area (Å²) in [6.45, 7) is 3.17. The number of carbonyl (C=O) groups is 1. The van der Waals surface area contributed by atoms with E-state index in [-0.39, 0.29) is 11.5 Å². The Labute approximate surface area is 144 Å². The maximum Gasteiger partial charge on any atom is 0.254 e. The van der Waals surface area contributed by atoms with Crippen LogP contribution in [0.5, 0.6) is 0 Å². The third kappa shape index (κ3) is 4.39. The second-order valence-corrected chi connectivity index (χ2v) is 6.37. The monoisotopic (exact) mass is 346 g/mol. The Kier molecular flexibility index (Phi) is 5.55. The minimum absolute atomic E-state index is 0.0539. The second kappa shape index (κ2) is 8.03. The van der Waals surface area contributed by atoms with Gasteiger partial charge in [0.05, 0.1) is 5.56 Å². The van der Waals surface area contributed by atoms with Gasteiger partial charge in [-0.1, -0.05) is 12.2 Å². The third-order valence-electron chi connectivity index (χ3n) is 3.75. The summed E-state index contributed by atoms with van der Waals surface area (Å²) < 4.78 is 14.2. The number of nitrogens with zero attached hydrogens (tertiary/aromatic N) is 2.